The lowest BCUT2D eigenvalue weighted by atomic mass is 9.81. The molecule has 1 fully saturated rings. The zero-order valence-electron chi connectivity index (χ0n) is 17.8. The van der Waals surface area contributed by atoms with E-state index >= 15 is 0 Å². The molecule has 3 atom stereocenters. The first-order valence-electron chi connectivity index (χ1n) is 10.3. The Bertz CT molecular complexity index is 1020. The molecule has 1 aliphatic heterocycles. The van der Waals surface area contributed by atoms with Crippen molar-refractivity contribution in [1.29, 1.82) is 0 Å². The molecule has 2 aromatic carbocycles. The van der Waals surface area contributed by atoms with Gasteiger partial charge in [-0.2, -0.15) is 0 Å². The minimum Gasteiger partial charge on any atom is -0.481 e. The molecule has 1 amide bonds. The molecule has 1 aliphatic rings. The number of carboxylic acid groups (broad SMARTS) is 1. The fraction of sp³-hybridized carbons (Fsp3) is 0.391. The minimum atomic E-state index is -1.28. The molecule has 0 unspecified atom stereocenters. The van der Waals surface area contributed by atoms with Gasteiger partial charge in [0.15, 0.2) is 18.2 Å². The van der Waals surface area contributed by atoms with Crippen molar-refractivity contribution in [3.8, 4) is 5.75 Å². The van der Waals surface area contributed by atoms with Crippen molar-refractivity contribution in [3.63, 3.8) is 0 Å². The highest BCUT2D eigenvalue weighted by molar-refractivity contribution is 6.30. The van der Waals surface area contributed by atoms with Gasteiger partial charge < -0.3 is 25.0 Å². The van der Waals surface area contributed by atoms with Crippen LogP contribution in [0.15, 0.2) is 36.4 Å². The Labute approximate surface area is 194 Å². The van der Waals surface area contributed by atoms with Gasteiger partial charge in [0.25, 0.3) is 0 Å². The number of amides is 1. The molecule has 3 rings (SSSR count). The van der Waals surface area contributed by atoms with E-state index in [1.807, 2.05) is 0 Å². The SMILES string of the molecule is C[C@@]1(NC(=O)CCO)C[C@@H](c2ccc(Cl)cc2)O[C@@H](c2cc(F)c(F)cc2OCC(=O)O)C1. The maximum absolute atomic E-state index is 14.2. The first-order chi connectivity index (χ1) is 15.6. The van der Waals surface area contributed by atoms with Crippen LogP contribution in [0.1, 0.15) is 49.5 Å². The van der Waals surface area contributed by atoms with Crippen LogP contribution in [0, 0.1) is 11.6 Å². The Hall–Kier alpha value is -2.75. The van der Waals surface area contributed by atoms with Crippen LogP contribution in [-0.4, -0.2) is 40.8 Å². The number of hydrogen-bond acceptors (Lipinski definition) is 5. The number of aliphatic hydroxyl groups excluding tert-OH is 1. The fourth-order valence-electron chi connectivity index (χ4n) is 3.92. The van der Waals surface area contributed by atoms with E-state index in [4.69, 9.17) is 31.3 Å². The van der Waals surface area contributed by atoms with Crippen molar-refractivity contribution in [2.24, 2.45) is 0 Å². The highest BCUT2D eigenvalue weighted by atomic mass is 35.5. The summed E-state index contributed by atoms with van der Waals surface area (Å²) in [5.74, 6) is -4.15. The summed E-state index contributed by atoms with van der Waals surface area (Å²) in [5.41, 5.74) is 0.0350. The van der Waals surface area contributed by atoms with Crippen molar-refractivity contribution >= 4 is 23.5 Å². The molecule has 1 heterocycles. The van der Waals surface area contributed by atoms with E-state index in [2.05, 4.69) is 5.32 Å². The molecule has 2 aromatic rings. The summed E-state index contributed by atoms with van der Waals surface area (Å²) in [6.45, 7) is 0.715. The van der Waals surface area contributed by atoms with Crippen LogP contribution >= 0.6 is 11.6 Å². The standard InChI is InChI=1S/C23H24ClF2NO6/c1-23(27-21(29)6-7-28)10-19(13-2-4-14(24)5-3-13)33-20(11-23)15-8-16(25)17(26)9-18(15)32-12-22(30)31/h2-5,8-9,19-20,28H,6-7,10-12H2,1H3,(H,27,29)(H,30,31)/t19-,20+,23+/m0/s1. The minimum absolute atomic E-state index is 0.0924. The Kier molecular flexibility index (Phi) is 7.88. The highest BCUT2D eigenvalue weighted by Gasteiger charge is 2.41. The molecule has 0 bridgehead atoms. The number of benzene rings is 2. The van der Waals surface area contributed by atoms with Crippen LogP contribution in [0.2, 0.25) is 5.02 Å². The molecular formula is C23H24ClF2NO6. The summed E-state index contributed by atoms with van der Waals surface area (Å²) < 4.78 is 39.5. The van der Waals surface area contributed by atoms with E-state index in [9.17, 15) is 18.4 Å². The van der Waals surface area contributed by atoms with Crippen molar-refractivity contribution in [2.75, 3.05) is 13.2 Å². The third-order valence-corrected chi connectivity index (χ3v) is 5.62. The first kappa shape index (κ1) is 24.9. The van der Waals surface area contributed by atoms with E-state index in [-0.39, 0.29) is 36.7 Å². The van der Waals surface area contributed by atoms with Crippen LogP contribution < -0.4 is 10.1 Å². The number of carboxylic acids is 1. The monoisotopic (exact) mass is 483 g/mol. The van der Waals surface area contributed by atoms with E-state index in [0.29, 0.717) is 11.4 Å². The molecule has 33 heavy (non-hydrogen) atoms. The maximum Gasteiger partial charge on any atom is 0.341 e. The summed E-state index contributed by atoms with van der Waals surface area (Å²) in [6, 6.07) is 8.59. The summed E-state index contributed by atoms with van der Waals surface area (Å²) in [7, 11) is 0. The first-order valence-corrected chi connectivity index (χ1v) is 10.6. The number of nitrogens with one attached hydrogen (secondary N) is 1. The van der Waals surface area contributed by atoms with Gasteiger partial charge in [-0.1, -0.05) is 23.7 Å². The Morgan fingerprint density at radius 2 is 1.82 bits per heavy atom. The average Bonchev–Trinajstić information content (AvgIpc) is 2.74. The Morgan fingerprint density at radius 1 is 1.18 bits per heavy atom. The topological polar surface area (TPSA) is 105 Å². The maximum atomic E-state index is 14.2. The Morgan fingerprint density at radius 3 is 2.45 bits per heavy atom. The summed E-state index contributed by atoms with van der Waals surface area (Å²) in [6.07, 6.45) is -0.982. The van der Waals surface area contributed by atoms with E-state index in [1.54, 1.807) is 31.2 Å². The van der Waals surface area contributed by atoms with Gasteiger partial charge in [0.1, 0.15) is 5.75 Å². The predicted octanol–water partition coefficient (Wildman–Crippen LogP) is 3.93. The normalized spacial score (nSPS) is 22.6. The van der Waals surface area contributed by atoms with Gasteiger partial charge in [-0.25, -0.2) is 13.6 Å². The van der Waals surface area contributed by atoms with E-state index < -0.39 is 42.0 Å². The number of carbonyl (C=O) groups is 2. The van der Waals surface area contributed by atoms with Gasteiger partial charge in [0, 0.05) is 41.5 Å². The molecule has 0 aromatic heterocycles. The second kappa shape index (κ2) is 10.5. The second-order valence-electron chi connectivity index (χ2n) is 8.14. The lowest BCUT2D eigenvalue weighted by molar-refractivity contribution is -0.139. The number of hydrogen-bond donors (Lipinski definition) is 3. The molecule has 3 N–H and O–H groups in total. The average molecular weight is 484 g/mol. The number of carbonyl (C=O) groups excluding carboxylic acids is 1. The molecule has 10 heteroatoms. The van der Waals surface area contributed by atoms with Crippen molar-refractivity contribution in [2.45, 2.75) is 43.9 Å². The summed E-state index contributed by atoms with van der Waals surface area (Å²) in [5, 5.41) is 21.5. The predicted molar refractivity (Wildman–Crippen MR) is 115 cm³/mol. The number of halogens is 3. The Balaban J connectivity index is 2.00. The van der Waals surface area contributed by atoms with Crippen LogP contribution in [0.4, 0.5) is 8.78 Å². The zero-order chi connectivity index (χ0) is 24.2. The van der Waals surface area contributed by atoms with Crippen LogP contribution in [0.25, 0.3) is 0 Å². The van der Waals surface area contributed by atoms with Gasteiger partial charge in [-0.15, -0.1) is 0 Å². The third kappa shape index (κ3) is 6.40. The molecule has 0 aliphatic carbocycles. The third-order valence-electron chi connectivity index (χ3n) is 5.37. The summed E-state index contributed by atoms with van der Waals surface area (Å²) >= 11 is 5.98. The number of ether oxygens (including phenoxy) is 2. The van der Waals surface area contributed by atoms with Crippen LogP contribution in [-0.2, 0) is 14.3 Å². The van der Waals surface area contributed by atoms with Gasteiger partial charge in [0.2, 0.25) is 5.91 Å². The van der Waals surface area contributed by atoms with E-state index in [1.165, 1.54) is 0 Å². The van der Waals surface area contributed by atoms with Crippen molar-refractivity contribution in [1.82, 2.24) is 5.32 Å². The zero-order valence-corrected chi connectivity index (χ0v) is 18.6. The molecule has 7 nitrogen and oxygen atoms in total. The highest BCUT2D eigenvalue weighted by Crippen LogP contribution is 2.46. The van der Waals surface area contributed by atoms with Crippen molar-refractivity contribution in [3.05, 3.63) is 64.2 Å². The number of aliphatic carboxylic acids is 1. The van der Waals surface area contributed by atoms with Gasteiger partial charge in [-0.05, 0) is 30.7 Å². The molecular weight excluding hydrogens is 460 g/mol. The van der Waals surface area contributed by atoms with Crippen LogP contribution in [0.3, 0.4) is 0 Å². The van der Waals surface area contributed by atoms with Crippen LogP contribution in [0.5, 0.6) is 5.75 Å². The molecule has 1 saturated heterocycles. The second-order valence-corrected chi connectivity index (χ2v) is 8.58. The number of aliphatic hydroxyl groups is 1. The largest absolute Gasteiger partial charge is 0.481 e. The lowest BCUT2D eigenvalue weighted by Crippen LogP contribution is -2.51. The molecule has 0 spiro atoms. The smallest absolute Gasteiger partial charge is 0.341 e. The molecule has 0 saturated carbocycles. The van der Waals surface area contributed by atoms with Crippen molar-refractivity contribution < 1.29 is 38.1 Å². The van der Waals surface area contributed by atoms with Gasteiger partial charge in [0.05, 0.1) is 18.8 Å². The fourth-order valence-corrected chi connectivity index (χ4v) is 4.04. The van der Waals surface area contributed by atoms with Gasteiger partial charge >= 0.3 is 5.97 Å². The molecule has 178 valence electrons. The van der Waals surface area contributed by atoms with E-state index in [0.717, 1.165) is 17.7 Å². The lowest BCUT2D eigenvalue weighted by Gasteiger charge is -2.43. The summed E-state index contributed by atoms with van der Waals surface area (Å²) in [4.78, 5) is 23.2. The van der Waals surface area contributed by atoms with Gasteiger partial charge in [-0.3, -0.25) is 4.79 Å². The number of rotatable bonds is 8. The molecule has 0 radical (unpaired) electrons. The quantitative estimate of drug-likeness (QED) is 0.525.